The molecule has 0 aliphatic heterocycles. The molecular weight excluding hydrogens is 324 g/mol. The van der Waals surface area contributed by atoms with Crippen molar-refractivity contribution >= 4 is 15.7 Å². The number of fused-ring (bicyclic) bond motifs is 1. The van der Waals surface area contributed by atoms with Crippen LogP contribution in [0.1, 0.15) is 30.9 Å². The molecule has 0 unspecified atom stereocenters. The van der Waals surface area contributed by atoms with Gasteiger partial charge in [-0.15, -0.1) is 0 Å². The smallest absolute Gasteiger partial charge is 0.276 e. The molecule has 0 bridgehead atoms. The van der Waals surface area contributed by atoms with Gasteiger partial charge in [0.05, 0.1) is 17.2 Å². The first-order valence-corrected chi connectivity index (χ1v) is 9.48. The molecule has 3 rings (SSSR count). The van der Waals surface area contributed by atoms with Gasteiger partial charge in [-0.2, -0.15) is 18.4 Å². The highest BCUT2D eigenvalue weighted by molar-refractivity contribution is 7.89. The molecule has 0 saturated heterocycles. The number of hydrazone groups is 1. The number of benzene rings is 2. The van der Waals surface area contributed by atoms with E-state index in [4.69, 9.17) is 4.74 Å². The average Bonchev–Trinajstić information content (AvgIpc) is 2.61. The predicted octanol–water partition coefficient (Wildman–Crippen LogP) is 3.10. The summed E-state index contributed by atoms with van der Waals surface area (Å²) in [6.07, 6.45) is 2.74. The van der Waals surface area contributed by atoms with E-state index in [1.807, 2.05) is 25.1 Å². The summed E-state index contributed by atoms with van der Waals surface area (Å²) >= 11 is 0. The Bertz CT molecular complexity index is 843. The Morgan fingerprint density at radius 2 is 1.83 bits per heavy atom. The molecule has 1 N–H and O–H groups in total. The van der Waals surface area contributed by atoms with Gasteiger partial charge in [-0.05, 0) is 56.0 Å². The Morgan fingerprint density at radius 3 is 2.58 bits per heavy atom. The summed E-state index contributed by atoms with van der Waals surface area (Å²) in [5, 5.41) is 4.18. The van der Waals surface area contributed by atoms with Gasteiger partial charge in [0.1, 0.15) is 5.75 Å². The molecule has 0 amide bonds. The van der Waals surface area contributed by atoms with Crippen LogP contribution in [-0.2, 0) is 16.4 Å². The molecular formula is C18H20N2O3S. The molecule has 0 spiro atoms. The first-order chi connectivity index (χ1) is 11.6. The molecule has 1 aliphatic rings. The number of hydrogen-bond donors (Lipinski definition) is 1. The van der Waals surface area contributed by atoms with Crippen LogP contribution in [0.5, 0.6) is 5.75 Å². The molecule has 0 saturated carbocycles. The molecule has 0 atom stereocenters. The molecule has 0 aromatic heterocycles. The van der Waals surface area contributed by atoms with Crippen LogP contribution >= 0.6 is 0 Å². The summed E-state index contributed by atoms with van der Waals surface area (Å²) in [6.45, 7) is 2.42. The van der Waals surface area contributed by atoms with Crippen LogP contribution in [0, 0.1) is 0 Å². The summed E-state index contributed by atoms with van der Waals surface area (Å²) < 4.78 is 30.1. The highest BCUT2D eigenvalue weighted by atomic mass is 32.2. The lowest BCUT2D eigenvalue weighted by Crippen LogP contribution is -2.22. The SMILES string of the molecule is CCOc1ccc(S(=O)(=O)N/N=C2\CCCc3ccccc32)cc1. The number of nitrogens with one attached hydrogen (secondary N) is 1. The maximum atomic E-state index is 12.4. The van der Waals surface area contributed by atoms with Crippen LogP contribution in [0.25, 0.3) is 0 Å². The topological polar surface area (TPSA) is 67.8 Å². The van der Waals surface area contributed by atoms with Gasteiger partial charge in [0.15, 0.2) is 0 Å². The standard InChI is InChI=1S/C18H20N2O3S/c1-2-23-15-10-12-16(13-11-15)24(21,22)20-19-18-9-5-7-14-6-3-4-8-17(14)18/h3-4,6,8,10-13,20H,2,5,7,9H2,1H3/b19-18+. The Balaban J connectivity index is 1.80. The lowest BCUT2D eigenvalue weighted by Gasteiger charge is -2.17. The second-order valence-electron chi connectivity index (χ2n) is 5.57. The summed E-state index contributed by atoms with van der Waals surface area (Å²) in [6, 6.07) is 14.3. The lowest BCUT2D eigenvalue weighted by atomic mass is 9.90. The van der Waals surface area contributed by atoms with E-state index in [-0.39, 0.29) is 4.90 Å². The van der Waals surface area contributed by atoms with E-state index in [1.165, 1.54) is 17.7 Å². The molecule has 24 heavy (non-hydrogen) atoms. The minimum Gasteiger partial charge on any atom is -0.494 e. The molecule has 2 aromatic carbocycles. The maximum Gasteiger partial charge on any atom is 0.276 e. The fraction of sp³-hybridized carbons (Fsp3) is 0.278. The van der Waals surface area contributed by atoms with Gasteiger partial charge in [0, 0.05) is 5.56 Å². The normalized spacial score (nSPS) is 15.8. The third kappa shape index (κ3) is 3.59. The van der Waals surface area contributed by atoms with Crippen LogP contribution in [0.4, 0.5) is 0 Å². The zero-order valence-corrected chi connectivity index (χ0v) is 14.3. The minimum atomic E-state index is -3.69. The number of ether oxygens (including phenoxy) is 1. The highest BCUT2D eigenvalue weighted by Gasteiger charge is 2.17. The molecule has 6 heteroatoms. The first kappa shape index (κ1) is 16.5. The molecule has 1 aliphatic carbocycles. The van der Waals surface area contributed by atoms with Gasteiger partial charge >= 0.3 is 0 Å². The van der Waals surface area contributed by atoms with Gasteiger partial charge in [-0.1, -0.05) is 24.3 Å². The molecule has 5 nitrogen and oxygen atoms in total. The largest absolute Gasteiger partial charge is 0.494 e. The van der Waals surface area contributed by atoms with Crippen molar-refractivity contribution in [3.8, 4) is 5.75 Å². The first-order valence-electron chi connectivity index (χ1n) is 7.99. The lowest BCUT2D eigenvalue weighted by molar-refractivity contribution is 0.340. The number of nitrogens with zero attached hydrogens (tertiary/aromatic N) is 1. The summed E-state index contributed by atoms with van der Waals surface area (Å²) in [7, 11) is -3.69. The summed E-state index contributed by atoms with van der Waals surface area (Å²) in [4.78, 5) is 2.52. The van der Waals surface area contributed by atoms with Crippen molar-refractivity contribution < 1.29 is 13.2 Å². The van der Waals surface area contributed by atoms with E-state index in [9.17, 15) is 8.42 Å². The van der Waals surface area contributed by atoms with Crippen LogP contribution in [0.2, 0.25) is 0 Å². The summed E-state index contributed by atoms with van der Waals surface area (Å²) in [5.41, 5.74) is 3.02. The zero-order chi connectivity index (χ0) is 17.0. The predicted molar refractivity (Wildman–Crippen MR) is 93.8 cm³/mol. The van der Waals surface area contributed by atoms with Gasteiger partial charge in [0.2, 0.25) is 0 Å². The van der Waals surface area contributed by atoms with Crippen LogP contribution in [0.3, 0.4) is 0 Å². The third-order valence-electron chi connectivity index (χ3n) is 3.93. The Hall–Kier alpha value is -2.34. The van der Waals surface area contributed by atoms with Crippen molar-refractivity contribution in [2.75, 3.05) is 6.61 Å². The fourth-order valence-electron chi connectivity index (χ4n) is 2.77. The zero-order valence-electron chi connectivity index (χ0n) is 13.5. The Morgan fingerprint density at radius 1 is 1.08 bits per heavy atom. The molecule has 0 radical (unpaired) electrons. The van der Waals surface area contributed by atoms with Gasteiger partial charge in [-0.25, -0.2) is 0 Å². The van der Waals surface area contributed by atoms with Crippen LogP contribution in [-0.4, -0.2) is 20.7 Å². The van der Waals surface area contributed by atoms with Crippen molar-refractivity contribution in [2.24, 2.45) is 5.10 Å². The van der Waals surface area contributed by atoms with E-state index >= 15 is 0 Å². The van der Waals surface area contributed by atoms with E-state index in [0.29, 0.717) is 12.4 Å². The monoisotopic (exact) mass is 344 g/mol. The third-order valence-corrected chi connectivity index (χ3v) is 5.16. The van der Waals surface area contributed by atoms with Gasteiger partial charge in [-0.3, -0.25) is 0 Å². The van der Waals surface area contributed by atoms with E-state index in [0.717, 1.165) is 30.5 Å². The van der Waals surface area contributed by atoms with Crippen molar-refractivity contribution in [3.05, 3.63) is 59.7 Å². The Kier molecular flexibility index (Phi) is 4.85. The van der Waals surface area contributed by atoms with Crippen LogP contribution < -0.4 is 9.57 Å². The average molecular weight is 344 g/mol. The molecule has 2 aromatic rings. The number of aryl methyl sites for hydroxylation is 1. The van der Waals surface area contributed by atoms with Crippen LogP contribution in [0.15, 0.2) is 58.5 Å². The quantitative estimate of drug-likeness (QED) is 0.848. The number of sulfonamides is 1. The van der Waals surface area contributed by atoms with Gasteiger partial charge in [0.25, 0.3) is 10.0 Å². The van der Waals surface area contributed by atoms with Crippen molar-refractivity contribution in [1.82, 2.24) is 4.83 Å². The number of rotatable bonds is 5. The van der Waals surface area contributed by atoms with Crippen molar-refractivity contribution in [3.63, 3.8) is 0 Å². The molecule has 0 heterocycles. The Labute approximate surface area is 142 Å². The van der Waals surface area contributed by atoms with Crippen molar-refractivity contribution in [2.45, 2.75) is 31.1 Å². The maximum absolute atomic E-state index is 12.4. The fourth-order valence-corrected chi connectivity index (χ4v) is 3.60. The second kappa shape index (κ2) is 7.05. The second-order valence-corrected chi connectivity index (χ2v) is 7.23. The van der Waals surface area contributed by atoms with E-state index < -0.39 is 10.0 Å². The van der Waals surface area contributed by atoms with Crippen molar-refractivity contribution in [1.29, 1.82) is 0 Å². The van der Waals surface area contributed by atoms with Gasteiger partial charge < -0.3 is 4.74 Å². The summed E-state index contributed by atoms with van der Waals surface area (Å²) in [5.74, 6) is 0.643. The van der Waals surface area contributed by atoms with E-state index in [1.54, 1.807) is 12.1 Å². The number of hydrogen-bond acceptors (Lipinski definition) is 4. The molecule has 0 fully saturated rings. The highest BCUT2D eigenvalue weighted by Crippen LogP contribution is 2.21. The minimum absolute atomic E-state index is 0.166. The molecule has 126 valence electrons. The van der Waals surface area contributed by atoms with E-state index in [2.05, 4.69) is 16.0 Å².